The average Bonchev–Trinajstić information content (AvgIpc) is 2.49. The van der Waals surface area contributed by atoms with Crippen LogP contribution >= 0.6 is 23.5 Å². The minimum atomic E-state index is -3.36. The van der Waals surface area contributed by atoms with E-state index in [9.17, 15) is 21.6 Å². The van der Waals surface area contributed by atoms with Crippen molar-refractivity contribution in [3.63, 3.8) is 0 Å². The van der Waals surface area contributed by atoms with Gasteiger partial charge in [0.1, 0.15) is 4.38 Å². The fourth-order valence-corrected chi connectivity index (χ4v) is 5.22. The van der Waals surface area contributed by atoms with Crippen molar-refractivity contribution in [3.8, 4) is 0 Å². The molecule has 0 aromatic rings. The molecule has 9 heteroatoms. The van der Waals surface area contributed by atoms with Gasteiger partial charge in [-0.1, -0.05) is 23.5 Å². The summed E-state index contributed by atoms with van der Waals surface area (Å²) < 4.78 is 62.9. The minimum Gasteiger partial charge on any atom is -0.206 e. The van der Waals surface area contributed by atoms with E-state index in [0.717, 1.165) is 0 Å². The van der Waals surface area contributed by atoms with E-state index in [-0.39, 0.29) is 12.2 Å². The van der Waals surface area contributed by atoms with Gasteiger partial charge in [-0.05, 0) is 19.3 Å². The highest BCUT2D eigenvalue weighted by atomic mass is 32.2. The summed E-state index contributed by atoms with van der Waals surface area (Å²) in [6, 6.07) is 0. The number of unbranched alkanes of at least 4 members (excludes halogenated alkanes) is 1. The number of hydrogen-bond acceptors (Lipinski definition) is 4. The number of hydrogen-bond donors (Lipinski definition) is 0. The number of halogens is 3. The molecule has 0 amide bonds. The monoisotopic (exact) mass is 333 g/mol. The Balaban J connectivity index is 2.29. The van der Waals surface area contributed by atoms with Crippen LogP contribution in [0, 0.1) is 0 Å². The van der Waals surface area contributed by atoms with Gasteiger partial charge in [0.05, 0.1) is 5.75 Å². The van der Waals surface area contributed by atoms with E-state index in [1.807, 2.05) is 0 Å². The van der Waals surface area contributed by atoms with Crippen molar-refractivity contribution in [3.05, 3.63) is 11.9 Å². The first-order valence-electron chi connectivity index (χ1n) is 5.68. The van der Waals surface area contributed by atoms with E-state index in [1.165, 1.54) is 23.5 Å². The van der Waals surface area contributed by atoms with Crippen LogP contribution in [0.2, 0.25) is 0 Å². The average molecular weight is 333 g/mol. The maximum atomic E-state index is 12.5. The predicted molar refractivity (Wildman–Crippen MR) is 75.0 cm³/mol. The molecule has 0 unspecified atom stereocenters. The zero-order valence-electron chi connectivity index (χ0n) is 10.1. The van der Waals surface area contributed by atoms with E-state index >= 15 is 0 Å². The van der Waals surface area contributed by atoms with Gasteiger partial charge >= 0.3 is 6.08 Å². The molecule has 0 radical (unpaired) electrons. The molecule has 19 heavy (non-hydrogen) atoms. The summed E-state index contributed by atoms with van der Waals surface area (Å²) in [6.45, 7) is 0. The molecule has 1 heterocycles. The van der Waals surface area contributed by atoms with Crippen molar-refractivity contribution in [2.45, 2.75) is 25.7 Å². The molecule has 0 aromatic heterocycles. The van der Waals surface area contributed by atoms with Crippen LogP contribution in [0.3, 0.4) is 0 Å². The topological polar surface area (TPSA) is 46.5 Å². The minimum absolute atomic E-state index is 0.0653. The lowest BCUT2D eigenvalue weighted by atomic mass is 10.2. The lowest BCUT2D eigenvalue weighted by Crippen LogP contribution is -2.01. The van der Waals surface area contributed by atoms with Gasteiger partial charge in [-0.3, -0.25) is 0 Å². The summed E-state index contributed by atoms with van der Waals surface area (Å²) in [4.78, 5) is 0. The lowest BCUT2D eigenvalue weighted by Gasteiger charge is -2.02. The molecule has 0 aliphatic carbocycles. The summed E-state index contributed by atoms with van der Waals surface area (Å²) in [5.74, 6) is -0.0535. The Morgan fingerprint density at radius 3 is 2.74 bits per heavy atom. The van der Waals surface area contributed by atoms with Crippen LogP contribution in [0.1, 0.15) is 25.7 Å². The van der Waals surface area contributed by atoms with Crippen LogP contribution in [0.15, 0.2) is 16.3 Å². The highest BCUT2D eigenvalue weighted by Gasteiger charge is 2.16. The molecule has 0 aromatic carbocycles. The summed E-state index contributed by atoms with van der Waals surface area (Å²) in [5, 5.41) is 0. The summed E-state index contributed by atoms with van der Waals surface area (Å²) in [7, 11) is -3.36. The number of nitrogens with zero attached hydrogens (tertiary/aromatic N) is 1. The first-order valence-corrected chi connectivity index (χ1v) is 9.26. The van der Waals surface area contributed by atoms with E-state index in [0.29, 0.717) is 35.1 Å². The van der Waals surface area contributed by atoms with Crippen LogP contribution in [0.25, 0.3) is 0 Å². The number of sulfonamides is 1. The molecular weight excluding hydrogens is 319 g/mol. The standard InChI is InChI=1S/C10H14F3NO2S3/c11-8(9(12)13)4-1-2-5-17-10-14-19(15,16)7-3-6-18-10/h1-7H2. The molecule has 0 N–H and O–H groups in total. The second-order valence-electron chi connectivity index (χ2n) is 3.82. The van der Waals surface area contributed by atoms with Crippen LogP contribution in [-0.4, -0.2) is 30.1 Å². The predicted octanol–water partition coefficient (Wildman–Crippen LogP) is 3.79. The van der Waals surface area contributed by atoms with Crippen molar-refractivity contribution < 1.29 is 21.6 Å². The molecule has 0 fully saturated rings. The Kier molecular flexibility index (Phi) is 7.30. The first kappa shape index (κ1) is 16.9. The third-order valence-electron chi connectivity index (χ3n) is 2.21. The largest absolute Gasteiger partial charge is 0.301 e. The molecular formula is C10H14F3NO2S3. The second kappa shape index (κ2) is 8.21. The summed E-state index contributed by atoms with van der Waals surface area (Å²) in [5.41, 5.74) is 0. The van der Waals surface area contributed by atoms with Crippen LogP contribution in [0.5, 0.6) is 0 Å². The van der Waals surface area contributed by atoms with Gasteiger partial charge in [0.25, 0.3) is 10.0 Å². The van der Waals surface area contributed by atoms with Gasteiger partial charge in [-0.25, -0.2) is 12.8 Å². The normalized spacial score (nSPS) is 18.6. The summed E-state index contributed by atoms with van der Waals surface area (Å²) >= 11 is 2.67. The van der Waals surface area contributed by atoms with Crippen LogP contribution in [0.4, 0.5) is 13.2 Å². The van der Waals surface area contributed by atoms with Gasteiger partial charge < -0.3 is 0 Å². The van der Waals surface area contributed by atoms with Crippen LogP contribution < -0.4 is 0 Å². The lowest BCUT2D eigenvalue weighted by molar-refractivity contribution is 0.368. The molecule has 0 atom stereocenters. The maximum Gasteiger partial charge on any atom is 0.301 e. The van der Waals surface area contributed by atoms with Crippen molar-refractivity contribution >= 4 is 37.9 Å². The molecule has 3 nitrogen and oxygen atoms in total. The molecule has 1 aliphatic heterocycles. The quantitative estimate of drug-likeness (QED) is 0.718. The summed E-state index contributed by atoms with van der Waals surface area (Å²) in [6.07, 6.45) is -1.12. The van der Waals surface area contributed by atoms with Gasteiger partial charge in [-0.15, -0.1) is 4.40 Å². The van der Waals surface area contributed by atoms with Gasteiger partial charge in [0.2, 0.25) is 0 Å². The third kappa shape index (κ3) is 7.26. The van der Waals surface area contributed by atoms with Crippen molar-refractivity contribution in [2.75, 3.05) is 17.3 Å². The van der Waals surface area contributed by atoms with E-state index in [4.69, 9.17) is 0 Å². The molecule has 1 aliphatic rings. The van der Waals surface area contributed by atoms with Crippen molar-refractivity contribution in [1.82, 2.24) is 0 Å². The fraction of sp³-hybridized carbons (Fsp3) is 0.700. The zero-order valence-corrected chi connectivity index (χ0v) is 12.5. The Labute approximate surface area is 119 Å². The number of rotatable bonds is 5. The molecule has 0 bridgehead atoms. The highest BCUT2D eigenvalue weighted by molar-refractivity contribution is 8.39. The number of thioether (sulfide) groups is 2. The number of allylic oxidation sites excluding steroid dienone is 1. The van der Waals surface area contributed by atoms with Gasteiger partial charge in [-0.2, -0.15) is 8.78 Å². The van der Waals surface area contributed by atoms with E-state index in [1.54, 1.807) is 0 Å². The Bertz CT molecular complexity index is 459. The SMILES string of the molecule is O=S1(=O)CCCSC(SCCCCC(F)=C(F)F)=N1. The van der Waals surface area contributed by atoms with E-state index in [2.05, 4.69) is 4.40 Å². The Hall–Kier alpha value is -0.150. The molecule has 0 saturated heterocycles. The zero-order chi connectivity index (χ0) is 14.3. The molecule has 0 saturated carbocycles. The first-order chi connectivity index (χ1) is 8.91. The molecule has 0 spiro atoms. The van der Waals surface area contributed by atoms with Crippen molar-refractivity contribution in [2.24, 2.45) is 4.40 Å². The highest BCUT2D eigenvalue weighted by Crippen LogP contribution is 2.24. The van der Waals surface area contributed by atoms with Gasteiger partial charge in [0.15, 0.2) is 5.83 Å². The smallest absolute Gasteiger partial charge is 0.206 e. The van der Waals surface area contributed by atoms with Gasteiger partial charge in [0, 0.05) is 17.9 Å². The second-order valence-corrected chi connectivity index (χ2v) is 8.00. The Morgan fingerprint density at radius 2 is 2.05 bits per heavy atom. The van der Waals surface area contributed by atoms with Crippen molar-refractivity contribution in [1.29, 1.82) is 0 Å². The fourth-order valence-electron chi connectivity index (χ4n) is 1.29. The third-order valence-corrected chi connectivity index (χ3v) is 6.07. The Morgan fingerprint density at radius 1 is 1.32 bits per heavy atom. The maximum absolute atomic E-state index is 12.5. The molecule has 1 rings (SSSR count). The van der Waals surface area contributed by atoms with E-state index < -0.39 is 21.9 Å². The van der Waals surface area contributed by atoms with Crippen LogP contribution in [-0.2, 0) is 10.0 Å². The molecule has 110 valence electrons.